The van der Waals surface area contributed by atoms with Crippen molar-refractivity contribution in [2.24, 2.45) is 0 Å². The average Bonchev–Trinajstić information content (AvgIpc) is 2.49. The van der Waals surface area contributed by atoms with Crippen molar-refractivity contribution in [2.75, 3.05) is 13.2 Å². The largest absolute Gasteiger partial charge is 0.462 e. The third-order valence-electron chi connectivity index (χ3n) is 3.11. The predicted molar refractivity (Wildman–Crippen MR) is 83.0 cm³/mol. The molecule has 0 aromatic carbocycles. The molecule has 2 aromatic rings. The van der Waals surface area contributed by atoms with Crippen LogP contribution in [0.25, 0.3) is 11.0 Å². The SMILES string of the molecule is CCOC(=O)c1cc2cccnc2n(CCOC(C)C)c1=O. The first-order chi connectivity index (χ1) is 10.5. The highest BCUT2D eigenvalue weighted by Crippen LogP contribution is 2.11. The number of esters is 1. The van der Waals surface area contributed by atoms with Gasteiger partial charge in [-0.2, -0.15) is 0 Å². The van der Waals surface area contributed by atoms with Gasteiger partial charge in [0, 0.05) is 11.6 Å². The van der Waals surface area contributed by atoms with Crippen molar-refractivity contribution in [1.29, 1.82) is 0 Å². The second-order valence-corrected chi connectivity index (χ2v) is 5.07. The quantitative estimate of drug-likeness (QED) is 0.763. The maximum atomic E-state index is 12.5. The predicted octanol–water partition coefficient (Wildman–Crippen LogP) is 2.00. The first kappa shape index (κ1) is 16.2. The molecule has 0 aliphatic carbocycles. The van der Waals surface area contributed by atoms with Crippen LogP contribution in [-0.2, 0) is 16.0 Å². The van der Waals surface area contributed by atoms with Gasteiger partial charge < -0.3 is 9.47 Å². The molecule has 0 unspecified atom stereocenters. The molecule has 0 amide bonds. The van der Waals surface area contributed by atoms with Crippen molar-refractivity contribution in [3.63, 3.8) is 0 Å². The van der Waals surface area contributed by atoms with Gasteiger partial charge in [0.05, 0.1) is 25.9 Å². The Morgan fingerprint density at radius 2 is 2.18 bits per heavy atom. The van der Waals surface area contributed by atoms with Gasteiger partial charge in [-0.05, 0) is 39.0 Å². The molecule has 0 aliphatic rings. The second kappa shape index (κ2) is 7.17. The molecule has 0 aliphatic heterocycles. The van der Waals surface area contributed by atoms with Crippen molar-refractivity contribution >= 4 is 17.0 Å². The normalized spacial score (nSPS) is 11.1. The summed E-state index contributed by atoms with van der Waals surface area (Å²) in [5, 5.41) is 0.717. The van der Waals surface area contributed by atoms with E-state index in [1.807, 2.05) is 19.9 Å². The fourth-order valence-electron chi connectivity index (χ4n) is 2.15. The summed E-state index contributed by atoms with van der Waals surface area (Å²) in [7, 11) is 0. The first-order valence-electron chi connectivity index (χ1n) is 7.32. The van der Waals surface area contributed by atoms with Gasteiger partial charge in [0.15, 0.2) is 0 Å². The van der Waals surface area contributed by atoms with Crippen molar-refractivity contribution in [1.82, 2.24) is 9.55 Å². The molecule has 6 nitrogen and oxygen atoms in total. The topological polar surface area (TPSA) is 70.4 Å². The van der Waals surface area contributed by atoms with Crippen LogP contribution >= 0.6 is 0 Å². The molecule has 22 heavy (non-hydrogen) atoms. The number of nitrogens with zero attached hydrogens (tertiary/aromatic N) is 2. The molecular weight excluding hydrogens is 284 g/mol. The molecule has 0 saturated heterocycles. The maximum absolute atomic E-state index is 12.5. The molecule has 0 bridgehead atoms. The molecule has 0 spiro atoms. The van der Waals surface area contributed by atoms with Gasteiger partial charge >= 0.3 is 5.97 Å². The van der Waals surface area contributed by atoms with Gasteiger partial charge in [-0.25, -0.2) is 9.78 Å². The Bertz CT molecular complexity index is 722. The van der Waals surface area contributed by atoms with Gasteiger partial charge in [-0.3, -0.25) is 9.36 Å². The van der Waals surface area contributed by atoms with Gasteiger partial charge in [0.25, 0.3) is 5.56 Å². The van der Waals surface area contributed by atoms with Crippen molar-refractivity contribution in [3.8, 4) is 0 Å². The zero-order valence-electron chi connectivity index (χ0n) is 13.0. The van der Waals surface area contributed by atoms with Gasteiger partial charge in [0.1, 0.15) is 11.2 Å². The number of carbonyl (C=O) groups excluding carboxylic acids is 1. The summed E-state index contributed by atoms with van der Waals surface area (Å²) in [6.07, 6.45) is 1.69. The molecule has 2 rings (SSSR count). The number of hydrogen-bond donors (Lipinski definition) is 0. The van der Waals surface area contributed by atoms with Crippen LogP contribution in [0, 0.1) is 0 Å². The zero-order valence-corrected chi connectivity index (χ0v) is 13.0. The fourth-order valence-corrected chi connectivity index (χ4v) is 2.15. The van der Waals surface area contributed by atoms with Crippen LogP contribution in [0.4, 0.5) is 0 Å². The summed E-state index contributed by atoms with van der Waals surface area (Å²) in [4.78, 5) is 28.7. The molecule has 0 radical (unpaired) electrons. The van der Waals surface area contributed by atoms with Crippen LogP contribution in [0.3, 0.4) is 0 Å². The van der Waals surface area contributed by atoms with E-state index in [9.17, 15) is 9.59 Å². The van der Waals surface area contributed by atoms with E-state index in [0.29, 0.717) is 18.8 Å². The number of pyridine rings is 2. The van der Waals surface area contributed by atoms with Crippen LogP contribution in [0.2, 0.25) is 0 Å². The lowest BCUT2D eigenvalue weighted by molar-refractivity contribution is 0.0521. The third-order valence-corrected chi connectivity index (χ3v) is 3.11. The zero-order chi connectivity index (χ0) is 16.1. The third kappa shape index (κ3) is 3.51. The lowest BCUT2D eigenvalue weighted by Gasteiger charge is -2.13. The minimum absolute atomic E-state index is 0.0203. The Morgan fingerprint density at radius 3 is 2.86 bits per heavy atom. The van der Waals surface area contributed by atoms with E-state index in [1.165, 1.54) is 10.6 Å². The minimum Gasteiger partial charge on any atom is -0.462 e. The molecule has 2 aromatic heterocycles. The number of hydrogen-bond acceptors (Lipinski definition) is 5. The second-order valence-electron chi connectivity index (χ2n) is 5.07. The van der Waals surface area contributed by atoms with E-state index < -0.39 is 11.5 Å². The molecule has 118 valence electrons. The fraction of sp³-hybridized carbons (Fsp3) is 0.438. The summed E-state index contributed by atoms with van der Waals surface area (Å²) in [6.45, 7) is 6.48. The molecule has 6 heteroatoms. The van der Waals surface area contributed by atoms with Crippen molar-refractivity contribution in [3.05, 3.63) is 40.3 Å². The van der Waals surface area contributed by atoms with Gasteiger partial charge in [-0.15, -0.1) is 0 Å². The molecule has 0 fully saturated rings. The number of aromatic nitrogens is 2. The highest BCUT2D eigenvalue weighted by molar-refractivity contribution is 5.93. The van der Waals surface area contributed by atoms with Crippen LogP contribution in [0.1, 0.15) is 31.1 Å². The molecule has 2 heterocycles. The molecular formula is C16H20N2O4. The summed E-state index contributed by atoms with van der Waals surface area (Å²) in [6, 6.07) is 5.10. The van der Waals surface area contributed by atoms with Gasteiger partial charge in [-0.1, -0.05) is 0 Å². The Hall–Kier alpha value is -2.21. The van der Waals surface area contributed by atoms with E-state index in [-0.39, 0.29) is 18.3 Å². The van der Waals surface area contributed by atoms with E-state index in [1.54, 1.807) is 19.2 Å². The number of fused-ring (bicyclic) bond motifs is 1. The van der Waals surface area contributed by atoms with Crippen molar-refractivity contribution < 1.29 is 14.3 Å². The Morgan fingerprint density at radius 1 is 1.41 bits per heavy atom. The highest BCUT2D eigenvalue weighted by atomic mass is 16.5. The van der Waals surface area contributed by atoms with E-state index in [2.05, 4.69) is 4.98 Å². The van der Waals surface area contributed by atoms with Crippen LogP contribution in [0.5, 0.6) is 0 Å². The van der Waals surface area contributed by atoms with E-state index in [4.69, 9.17) is 9.47 Å². The number of carbonyl (C=O) groups is 1. The highest BCUT2D eigenvalue weighted by Gasteiger charge is 2.17. The Kier molecular flexibility index (Phi) is 5.27. The van der Waals surface area contributed by atoms with Gasteiger partial charge in [0.2, 0.25) is 0 Å². The monoisotopic (exact) mass is 304 g/mol. The Labute approximate surface area is 128 Å². The molecule has 0 saturated carbocycles. The standard InChI is InChI=1S/C16H20N2O4/c1-4-21-16(20)13-10-12-6-5-7-17-14(12)18(15(13)19)8-9-22-11(2)3/h5-7,10-11H,4,8-9H2,1-3H3. The lowest BCUT2D eigenvalue weighted by Crippen LogP contribution is -2.29. The number of rotatable bonds is 6. The molecule has 0 atom stereocenters. The van der Waals surface area contributed by atoms with Crippen LogP contribution in [-0.4, -0.2) is 34.8 Å². The van der Waals surface area contributed by atoms with E-state index >= 15 is 0 Å². The summed E-state index contributed by atoms with van der Waals surface area (Å²) in [5.41, 5.74) is 0.150. The van der Waals surface area contributed by atoms with Crippen molar-refractivity contribution in [2.45, 2.75) is 33.4 Å². The van der Waals surface area contributed by atoms with Crippen LogP contribution < -0.4 is 5.56 Å². The minimum atomic E-state index is -0.614. The smallest absolute Gasteiger partial charge is 0.343 e. The Balaban J connectivity index is 2.48. The van der Waals surface area contributed by atoms with Crippen LogP contribution in [0.15, 0.2) is 29.2 Å². The molecule has 0 N–H and O–H groups in total. The average molecular weight is 304 g/mol. The summed E-state index contributed by atoms with van der Waals surface area (Å²) >= 11 is 0. The lowest BCUT2D eigenvalue weighted by atomic mass is 10.2. The maximum Gasteiger partial charge on any atom is 0.343 e. The van der Waals surface area contributed by atoms with E-state index in [0.717, 1.165) is 5.39 Å². The number of ether oxygens (including phenoxy) is 2. The summed E-state index contributed by atoms with van der Waals surface area (Å²) < 4.78 is 11.9. The first-order valence-corrected chi connectivity index (χ1v) is 7.32. The summed E-state index contributed by atoms with van der Waals surface area (Å²) in [5.74, 6) is -0.614.